The van der Waals surface area contributed by atoms with Gasteiger partial charge in [0.15, 0.2) is 8.32 Å². The Hall–Kier alpha value is -2.02. The lowest BCUT2D eigenvalue weighted by molar-refractivity contribution is -0.0621. The zero-order chi connectivity index (χ0) is 31.9. The van der Waals surface area contributed by atoms with Gasteiger partial charge in [-0.15, -0.1) is 0 Å². The van der Waals surface area contributed by atoms with Crippen molar-refractivity contribution in [2.75, 3.05) is 36.7 Å². The molecule has 2 aliphatic rings. The van der Waals surface area contributed by atoms with Crippen molar-refractivity contribution in [1.29, 1.82) is 0 Å². The van der Waals surface area contributed by atoms with Crippen molar-refractivity contribution in [3.8, 4) is 11.6 Å². The zero-order valence-electron chi connectivity index (χ0n) is 25.9. The van der Waals surface area contributed by atoms with Crippen LogP contribution in [0.3, 0.4) is 0 Å². The number of anilines is 2. The molecule has 2 aliphatic heterocycles. The van der Waals surface area contributed by atoms with Crippen molar-refractivity contribution in [3.05, 3.63) is 40.0 Å². The summed E-state index contributed by atoms with van der Waals surface area (Å²) in [7, 11) is -0.629. The summed E-state index contributed by atoms with van der Waals surface area (Å²) in [4.78, 5) is 6.36. The van der Waals surface area contributed by atoms with Crippen LogP contribution in [0, 0.1) is 11.8 Å². The molecular weight excluding hydrogens is 665 g/mol. The molecule has 1 aromatic carbocycles. The summed E-state index contributed by atoms with van der Waals surface area (Å²) < 4.78 is 60.5. The van der Waals surface area contributed by atoms with Gasteiger partial charge in [0.2, 0.25) is 5.88 Å². The zero-order valence-corrected chi connectivity index (χ0v) is 29.3. The molecule has 0 N–H and O–H groups in total. The third-order valence-electron chi connectivity index (χ3n) is 8.89. The topological polar surface area (TPSA) is 59.4 Å². The highest BCUT2D eigenvalue weighted by molar-refractivity contribution is 9.10. The van der Waals surface area contributed by atoms with Crippen LogP contribution in [0.2, 0.25) is 23.2 Å². The maximum Gasteiger partial charge on any atom is 0.431 e. The Morgan fingerprint density at radius 3 is 2.40 bits per heavy atom. The number of piperidine rings is 1. The Bertz CT molecular complexity index is 1340. The first-order valence-electron chi connectivity index (χ1n) is 14.4. The third-order valence-corrected chi connectivity index (χ3v) is 14.3. The molecule has 4 rings (SSSR count). The van der Waals surface area contributed by atoms with Crippen LogP contribution in [0.15, 0.2) is 40.0 Å². The third kappa shape index (κ3) is 7.45. The van der Waals surface area contributed by atoms with Crippen molar-refractivity contribution < 1.29 is 27.1 Å². The number of benzene rings is 1. The van der Waals surface area contributed by atoms with Crippen LogP contribution in [0.25, 0.3) is 0 Å². The van der Waals surface area contributed by atoms with Gasteiger partial charge < -0.3 is 18.8 Å². The molecule has 1 unspecified atom stereocenters. The van der Waals surface area contributed by atoms with Crippen LogP contribution in [-0.2, 0) is 4.43 Å². The lowest BCUT2D eigenvalue weighted by atomic mass is 9.96. The molecule has 13 heteroatoms. The van der Waals surface area contributed by atoms with Gasteiger partial charge in [-0.25, -0.2) is 4.98 Å². The molecule has 238 valence electrons. The highest BCUT2D eigenvalue weighted by Gasteiger charge is 2.49. The Balaban J connectivity index is 1.50. The Morgan fingerprint density at radius 2 is 1.81 bits per heavy atom. The second-order valence-corrected chi connectivity index (χ2v) is 19.0. The summed E-state index contributed by atoms with van der Waals surface area (Å²) in [5, 5.41) is 6.04. The Morgan fingerprint density at radius 1 is 1.12 bits per heavy atom. The van der Waals surface area contributed by atoms with Gasteiger partial charge >= 0.3 is 6.18 Å². The lowest BCUT2D eigenvalue weighted by Gasteiger charge is -2.39. The molecule has 0 aliphatic carbocycles. The summed E-state index contributed by atoms with van der Waals surface area (Å²) in [6.07, 6.45) is -2.23. The van der Waals surface area contributed by atoms with E-state index in [9.17, 15) is 13.2 Å². The molecule has 3 heterocycles. The van der Waals surface area contributed by atoms with E-state index in [4.69, 9.17) is 25.5 Å². The van der Waals surface area contributed by atoms with E-state index in [0.29, 0.717) is 26.8 Å². The first-order valence-corrected chi connectivity index (χ1v) is 18.5. The number of halogens is 5. The number of aromatic nitrogens is 1. The number of rotatable bonds is 8. The normalized spacial score (nSPS) is 23.4. The van der Waals surface area contributed by atoms with Gasteiger partial charge in [0, 0.05) is 41.9 Å². The minimum Gasteiger partial charge on any atom is -0.490 e. The van der Waals surface area contributed by atoms with E-state index in [1.807, 2.05) is 6.07 Å². The minimum absolute atomic E-state index is 0.0519. The van der Waals surface area contributed by atoms with E-state index in [0.717, 1.165) is 25.2 Å². The lowest BCUT2D eigenvalue weighted by Crippen LogP contribution is -2.46. The van der Waals surface area contributed by atoms with E-state index in [1.165, 1.54) is 5.01 Å². The van der Waals surface area contributed by atoms with Crippen LogP contribution < -0.4 is 19.4 Å². The molecule has 1 fully saturated rings. The number of pyridine rings is 1. The van der Waals surface area contributed by atoms with Gasteiger partial charge in [-0.3, -0.25) is 5.01 Å². The molecule has 2 aromatic rings. The predicted octanol–water partition coefficient (Wildman–Crippen LogP) is 8.56. The fraction of sp³-hybridized carbons (Fsp3) is 0.600. The van der Waals surface area contributed by atoms with E-state index < -0.39 is 32.2 Å². The van der Waals surface area contributed by atoms with Crippen LogP contribution in [-0.4, -0.2) is 64.1 Å². The monoisotopic (exact) mass is 704 g/mol. The Kier molecular flexibility index (Phi) is 10.1. The number of ether oxygens (including phenoxy) is 2. The number of nitrogens with zero attached hydrogens (tertiary/aromatic N) is 4. The highest BCUT2D eigenvalue weighted by atomic mass is 79.9. The molecule has 1 saturated heterocycles. The van der Waals surface area contributed by atoms with Gasteiger partial charge in [-0.2, -0.15) is 18.3 Å². The van der Waals surface area contributed by atoms with Crippen LogP contribution in [0.5, 0.6) is 11.6 Å². The van der Waals surface area contributed by atoms with Crippen molar-refractivity contribution in [3.63, 3.8) is 0 Å². The summed E-state index contributed by atoms with van der Waals surface area (Å²) in [6, 6.07) is 6.59. The summed E-state index contributed by atoms with van der Waals surface area (Å²) in [6.45, 7) is 15.8. The van der Waals surface area contributed by atoms with Crippen LogP contribution in [0.1, 0.15) is 41.0 Å². The number of hydrazone groups is 1. The van der Waals surface area contributed by atoms with E-state index >= 15 is 0 Å². The molecule has 0 amide bonds. The summed E-state index contributed by atoms with van der Waals surface area (Å²) in [5.41, 5.74) is 0.610. The number of alkyl halides is 3. The maximum atomic E-state index is 14.0. The maximum absolute atomic E-state index is 14.0. The molecule has 0 saturated carbocycles. The first kappa shape index (κ1) is 33.9. The fourth-order valence-corrected chi connectivity index (χ4v) is 6.93. The molecule has 0 spiro atoms. The predicted molar refractivity (Wildman–Crippen MR) is 172 cm³/mol. The fourth-order valence-electron chi connectivity index (χ4n) is 5.15. The van der Waals surface area contributed by atoms with Crippen LogP contribution in [0.4, 0.5) is 24.5 Å². The number of methoxy groups -OCH3 is 1. The van der Waals surface area contributed by atoms with Gasteiger partial charge in [0.1, 0.15) is 17.6 Å². The van der Waals surface area contributed by atoms with Crippen LogP contribution >= 0.6 is 27.5 Å². The van der Waals surface area contributed by atoms with Crippen molar-refractivity contribution in [2.45, 2.75) is 77.5 Å². The van der Waals surface area contributed by atoms with Gasteiger partial charge in [-0.05, 0) is 52.3 Å². The Labute approximate surface area is 267 Å². The van der Waals surface area contributed by atoms with Crippen molar-refractivity contribution >= 4 is 52.9 Å². The average Bonchev–Trinajstić information content (AvgIpc) is 3.24. The van der Waals surface area contributed by atoms with E-state index in [2.05, 4.69) is 71.7 Å². The smallest absolute Gasteiger partial charge is 0.431 e. The second kappa shape index (κ2) is 12.8. The van der Waals surface area contributed by atoms with Gasteiger partial charge in [-0.1, -0.05) is 46.2 Å². The van der Waals surface area contributed by atoms with E-state index in [1.54, 1.807) is 38.4 Å². The number of hydrogen-bond acceptors (Lipinski definition) is 7. The molecule has 1 aromatic heterocycles. The van der Waals surface area contributed by atoms with E-state index in [-0.39, 0.29) is 23.7 Å². The standard InChI is InChI=1S/C30H41BrClF3N4O3Si/c1-18-16-38(24-14-27(40-6)36-15-22(24)32)12-11-26(18)42-20-9-10-23(21(31)13-20)39-25(17-41-43(7,8)29(3,4)5)19(2)28(37-39)30(33,34)35/h9-10,13-15,18-19,25-26H,11-12,16-17H2,1-8H3/t18-,19+,25?,26-/m1/s1. The van der Waals surface area contributed by atoms with Crippen molar-refractivity contribution in [2.24, 2.45) is 16.9 Å². The molecule has 0 radical (unpaired) electrons. The first-order chi connectivity index (χ1) is 19.9. The van der Waals surface area contributed by atoms with Gasteiger partial charge in [0.05, 0.1) is 42.4 Å². The molecular formula is C30H41BrClF3N4O3Si. The molecule has 0 bridgehead atoms. The highest BCUT2D eigenvalue weighted by Crippen LogP contribution is 2.42. The SMILES string of the molecule is COc1cc(N2CC[C@@H](Oc3ccc(N4N=C(C(F)(F)F)[C@@H](C)C4CO[Si](C)(C)C(C)(C)C)c(Br)c3)[C@H](C)C2)c(Cl)cn1. The molecule has 4 atom stereocenters. The minimum atomic E-state index is -4.53. The summed E-state index contributed by atoms with van der Waals surface area (Å²) >= 11 is 10.0. The number of hydrogen-bond donors (Lipinski definition) is 0. The molecule has 43 heavy (non-hydrogen) atoms. The largest absolute Gasteiger partial charge is 0.490 e. The van der Waals surface area contributed by atoms with Gasteiger partial charge in [0.25, 0.3) is 0 Å². The molecule has 7 nitrogen and oxygen atoms in total. The van der Waals surface area contributed by atoms with Crippen molar-refractivity contribution in [1.82, 2.24) is 4.98 Å². The summed E-state index contributed by atoms with van der Waals surface area (Å²) in [5.74, 6) is 0.458. The quantitative estimate of drug-likeness (QED) is 0.257. The average molecular weight is 706 g/mol. The second-order valence-electron chi connectivity index (χ2n) is 12.9.